The maximum Gasteiger partial charge on any atom is 0.201 e. The Bertz CT molecular complexity index is 1040. The van der Waals surface area contributed by atoms with Crippen molar-refractivity contribution in [2.45, 2.75) is 64.4 Å². The van der Waals surface area contributed by atoms with Crippen LogP contribution in [0.3, 0.4) is 0 Å². The number of hydrogen-bond acceptors (Lipinski definition) is 2. The number of fused-ring (bicyclic) bond motifs is 1. The molecule has 2 saturated carbocycles. The second-order valence-corrected chi connectivity index (χ2v) is 9.37. The monoisotopic (exact) mass is 476 g/mol. The Morgan fingerprint density at radius 1 is 0.824 bits per heavy atom. The highest BCUT2D eigenvalue weighted by atomic mass is 19.2. The maximum atomic E-state index is 15.2. The highest BCUT2D eigenvalue weighted by Gasteiger charge is 2.37. The molecule has 2 aliphatic rings. The Labute approximate surface area is 199 Å². The summed E-state index contributed by atoms with van der Waals surface area (Å²) in [5.41, 5.74) is -0.279. The molecule has 2 nitrogen and oxygen atoms in total. The minimum atomic E-state index is -1.25. The molecule has 0 heterocycles. The van der Waals surface area contributed by atoms with Crippen LogP contribution >= 0.6 is 0 Å². The summed E-state index contributed by atoms with van der Waals surface area (Å²) in [6, 6.07) is 5.37. The number of halogens is 4. The lowest BCUT2D eigenvalue weighted by Crippen LogP contribution is -2.34. The van der Waals surface area contributed by atoms with Crippen LogP contribution in [0.4, 0.5) is 17.6 Å². The molecule has 0 aromatic heterocycles. The summed E-state index contributed by atoms with van der Waals surface area (Å²) in [7, 11) is 0. The topological polar surface area (TPSA) is 18.5 Å². The van der Waals surface area contributed by atoms with E-state index < -0.39 is 23.3 Å². The average Bonchev–Trinajstić information content (AvgIpc) is 2.84. The first-order chi connectivity index (χ1) is 16.4. The van der Waals surface area contributed by atoms with E-state index in [1.165, 1.54) is 18.2 Å². The number of allylic oxidation sites excluding steroid dienone is 1. The fourth-order valence-corrected chi connectivity index (χ4v) is 5.69. The molecule has 34 heavy (non-hydrogen) atoms. The van der Waals surface area contributed by atoms with Gasteiger partial charge in [-0.3, -0.25) is 0 Å². The lowest BCUT2D eigenvalue weighted by atomic mass is 9.65. The molecule has 6 heteroatoms. The van der Waals surface area contributed by atoms with Gasteiger partial charge in [-0.25, -0.2) is 13.2 Å². The van der Waals surface area contributed by atoms with Gasteiger partial charge in [0.05, 0.1) is 6.10 Å². The Morgan fingerprint density at radius 3 is 2.24 bits per heavy atom. The van der Waals surface area contributed by atoms with Gasteiger partial charge in [0, 0.05) is 17.7 Å². The summed E-state index contributed by atoms with van der Waals surface area (Å²) < 4.78 is 70.5. The molecular formula is C28H32F4O2. The van der Waals surface area contributed by atoms with Crippen molar-refractivity contribution in [3.63, 3.8) is 0 Å². The minimum Gasteiger partial charge on any atom is -0.486 e. The van der Waals surface area contributed by atoms with E-state index in [-0.39, 0.29) is 29.4 Å². The predicted molar refractivity (Wildman–Crippen MR) is 125 cm³/mol. The third-order valence-corrected chi connectivity index (χ3v) is 7.43. The van der Waals surface area contributed by atoms with Crippen LogP contribution in [0.5, 0.6) is 5.75 Å². The van der Waals surface area contributed by atoms with Crippen LogP contribution in [-0.2, 0) is 4.74 Å². The third kappa shape index (κ3) is 5.02. The molecule has 0 radical (unpaired) electrons. The summed E-state index contributed by atoms with van der Waals surface area (Å²) >= 11 is 0. The summed E-state index contributed by atoms with van der Waals surface area (Å²) in [4.78, 5) is 0. The van der Waals surface area contributed by atoms with Crippen LogP contribution in [0.25, 0.3) is 11.1 Å². The fraction of sp³-hybridized carbons (Fsp3) is 0.500. The zero-order chi connectivity index (χ0) is 24.2. The Hall–Kier alpha value is -2.34. The first-order valence-corrected chi connectivity index (χ1v) is 12.3. The predicted octanol–water partition coefficient (Wildman–Crippen LogP) is 7.95. The van der Waals surface area contributed by atoms with Crippen molar-refractivity contribution in [3.05, 3.63) is 65.2 Å². The molecule has 2 fully saturated rings. The third-order valence-electron chi connectivity index (χ3n) is 7.43. The van der Waals surface area contributed by atoms with Gasteiger partial charge in [-0.1, -0.05) is 24.3 Å². The van der Waals surface area contributed by atoms with Crippen molar-refractivity contribution in [1.29, 1.82) is 0 Å². The van der Waals surface area contributed by atoms with Gasteiger partial charge in [0.1, 0.15) is 6.61 Å². The number of ether oxygens (including phenoxy) is 2. The lowest BCUT2D eigenvalue weighted by molar-refractivity contribution is -0.00970. The van der Waals surface area contributed by atoms with Crippen LogP contribution in [0.2, 0.25) is 0 Å². The Kier molecular flexibility index (Phi) is 7.97. The normalized spacial score (nSPS) is 24.9. The van der Waals surface area contributed by atoms with Gasteiger partial charge in [0.25, 0.3) is 0 Å². The molecule has 2 aromatic carbocycles. The van der Waals surface area contributed by atoms with E-state index in [0.29, 0.717) is 23.5 Å². The second-order valence-electron chi connectivity index (χ2n) is 9.37. The quantitative estimate of drug-likeness (QED) is 0.298. The van der Waals surface area contributed by atoms with Crippen molar-refractivity contribution in [3.8, 4) is 16.9 Å². The smallest absolute Gasteiger partial charge is 0.201 e. The molecule has 184 valence electrons. The summed E-state index contributed by atoms with van der Waals surface area (Å²) in [6.45, 7) is 4.60. The largest absolute Gasteiger partial charge is 0.486 e. The zero-order valence-electron chi connectivity index (χ0n) is 19.8. The SMILES string of the molecule is C/C=C/COc1ccc(-c2ccc(C3CCC4CC(OCC)CCC4C3)c(F)c2F)c(F)c1F. The Balaban J connectivity index is 1.53. The van der Waals surface area contributed by atoms with Crippen molar-refractivity contribution in [2.24, 2.45) is 11.8 Å². The van der Waals surface area contributed by atoms with Gasteiger partial charge in [0.2, 0.25) is 5.82 Å². The molecular weight excluding hydrogens is 444 g/mol. The molecule has 0 bridgehead atoms. The van der Waals surface area contributed by atoms with Crippen LogP contribution < -0.4 is 4.74 Å². The number of rotatable bonds is 7. The molecule has 2 aromatic rings. The van der Waals surface area contributed by atoms with Gasteiger partial charge in [-0.2, -0.15) is 4.39 Å². The Morgan fingerprint density at radius 2 is 1.50 bits per heavy atom. The average molecular weight is 477 g/mol. The molecule has 4 rings (SSSR count). The minimum absolute atomic E-state index is 0.0718. The van der Waals surface area contributed by atoms with E-state index in [4.69, 9.17) is 9.47 Å². The van der Waals surface area contributed by atoms with Crippen molar-refractivity contribution < 1.29 is 27.0 Å². The second kappa shape index (κ2) is 10.9. The maximum absolute atomic E-state index is 15.2. The van der Waals surface area contributed by atoms with Crippen molar-refractivity contribution >= 4 is 0 Å². The molecule has 0 saturated heterocycles. The summed E-state index contributed by atoms with van der Waals surface area (Å²) in [5, 5.41) is 0. The summed E-state index contributed by atoms with van der Waals surface area (Å²) in [5.74, 6) is -3.86. The van der Waals surface area contributed by atoms with Crippen molar-refractivity contribution in [2.75, 3.05) is 13.2 Å². The van der Waals surface area contributed by atoms with Crippen LogP contribution in [0, 0.1) is 35.1 Å². The van der Waals surface area contributed by atoms with Gasteiger partial charge < -0.3 is 9.47 Å². The molecule has 0 amide bonds. The highest BCUT2D eigenvalue weighted by molar-refractivity contribution is 5.66. The van der Waals surface area contributed by atoms with Crippen LogP contribution in [-0.4, -0.2) is 19.3 Å². The molecule has 0 N–H and O–H groups in total. The molecule has 4 unspecified atom stereocenters. The van der Waals surface area contributed by atoms with Gasteiger partial charge in [0.15, 0.2) is 23.2 Å². The molecule has 0 aliphatic heterocycles. The van der Waals surface area contributed by atoms with E-state index in [1.807, 2.05) is 6.92 Å². The van der Waals surface area contributed by atoms with E-state index in [9.17, 15) is 8.78 Å². The fourth-order valence-electron chi connectivity index (χ4n) is 5.69. The standard InChI is InChI=1S/C28H32F4O2/c1-3-5-14-34-24-13-12-23(27(31)28(24)32)22-11-10-21(25(29)26(22)30)19-7-6-18-16-20(33-4-2)9-8-17(18)15-19/h3,5,10-13,17-20H,4,6-9,14-16H2,1-2H3/b5-3+. The van der Waals surface area contributed by atoms with Gasteiger partial charge >= 0.3 is 0 Å². The first kappa shape index (κ1) is 24.8. The van der Waals surface area contributed by atoms with Gasteiger partial charge in [-0.05, 0) is 87.8 Å². The van der Waals surface area contributed by atoms with Crippen LogP contribution in [0.15, 0.2) is 36.4 Å². The van der Waals surface area contributed by atoms with Gasteiger partial charge in [-0.15, -0.1) is 0 Å². The van der Waals surface area contributed by atoms with E-state index in [2.05, 4.69) is 0 Å². The number of hydrogen-bond donors (Lipinski definition) is 0. The molecule has 2 aliphatic carbocycles. The molecule has 0 spiro atoms. The van der Waals surface area contributed by atoms with E-state index >= 15 is 8.78 Å². The molecule has 4 atom stereocenters. The van der Waals surface area contributed by atoms with Crippen LogP contribution in [0.1, 0.15) is 63.9 Å². The van der Waals surface area contributed by atoms with E-state index in [0.717, 1.165) is 45.1 Å². The zero-order valence-corrected chi connectivity index (χ0v) is 19.8. The summed E-state index contributed by atoms with van der Waals surface area (Å²) in [6.07, 6.45) is 9.36. The first-order valence-electron chi connectivity index (χ1n) is 12.3. The van der Waals surface area contributed by atoms with Crippen molar-refractivity contribution in [1.82, 2.24) is 0 Å². The highest BCUT2D eigenvalue weighted by Crippen LogP contribution is 2.47. The van der Waals surface area contributed by atoms with E-state index in [1.54, 1.807) is 25.1 Å². The number of benzene rings is 2. The lowest BCUT2D eigenvalue weighted by Gasteiger charge is -2.42.